The van der Waals surface area contributed by atoms with E-state index in [1.165, 1.54) is 0 Å². The molecule has 1 fully saturated rings. The average Bonchev–Trinajstić information content (AvgIpc) is 2.55. The molecular weight excluding hydrogens is 314 g/mol. The van der Waals surface area contributed by atoms with Gasteiger partial charge in [-0.1, -0.05) is 11.6 Å². The number of piperazine rings is 1. The van der Waals surface area contributed by atoms with E-state index in [1.807, 2.05) is 7.05 Å². The van der Waals surface area contributed by atoms with Crippen LogP contribution in [-0.4, -0.2) is 80.6 Å². The molecule has 1 amide bonds. The molecule has 1 aromatic carbocycles. The summed E-state index contributed by atoms with van der Waals surface area (Å²) in [5.74, 6) is 0.659. The lowest BCUT2D eigenvalue weighted by atomic mass is 10.3. The van der Waals surface area contributed by atoms with Crippen molar-refractivity contribution in [3.05, 3.63) is 29.3 Å². The molecule has 1 aliphatic heterocycles. The molecule has 2 rings (SSSR count). The molecule has 0 saturated carbocycles. The van der Waals surface area contributed by atoms with Crippen LogP contribution in [0.1, 0.15) is 6.42 Å². The Hall–Kier alpha value is -1.30. The lowest BCUT2D eigenvalue weighted by Crippen LogP contribution is -2.45. The molecule has 0 aromatic heterocycles. The third-order valence-electron chi connectivity index (χ3n) is 4.17. The lowest BCUT2D eigenvalue weighted by Gasteiger charge is -2.32. The third kappa shape index (κ3) is 6.37. The second-order valence-corrected chi connectivity index (χ2v) is 6.49. The SMILES string of the molecule is CN1CCN(CCCN(C)C(=O)COc2ccc(Cl)cc2)CC1. The molecule has 128 valence electrons. The fraction of sp³-hybridized carbons (Fsp3) is 0.588. The van der Waals surface area contributed by atoms with Gasteiger partial charge in [0, 0.05) is 44.8 Å². The van der Waals surface area contributed by atoms with Crippen molar-refractivity contribution in [2.24, 2.45) is 0 Å². The Labute approximate surface area is 143 Å². The lowest BCUT2D eigenvalue weighted by molar-refractivity contribution is -0.132. The van der Waals surface area contributed by atoms with E-state index in [4.69, 9.17) is 16.3 Å². The van der Waals surface area contributed by atoms with Crippen LogP contribution in [0.5, 0.6) is 5.75 Å². The predicted octanol–water partition coefficient (Wildman–Crippen LogP) is 1.81. The Kier molecular flexibility index (Phi) is 7.15. The Morgan fingerprint density at radius 1 is 1.22 bits per heavy atom. The second-order valence-electron chi connectivity index (χ2n) is 6.06. The summed E-state index contributed by atoms with van der Waals surface area (Å²) in [4.78, 5) is 18.6. The highest BCUT2D eigenvalue weighted by Crippen LogP contribution is 2.15. The molecule has 6 heteroatoms. The smallest absolute Gasteiger partial charge is 0.260 e. The molecule has 0 unspecified atom stereocenters. The van der Waals surface area contributed by atoms with E-state index in [1.54, 1.807) is 29.2 Å². The number of carbonyl (C=O) groups excluding carboxylic acids is 1. The molecule has 0 N–H and O–H groups in total. The first-order chi connectivity index (χ1) is 11.0. The molecule has 1 saturated heterocycles. The number of carbonyl (C=O) groups is 1. The van der Waals surface area contributed by atoms with Gasteiger partial charge in [0.25, 0.3) is 5.91 Å². The topological polar surface area (TPSA) is 36.0 Å². The number of hydrogen-bond acceptors (Lipinski definition) is 4. The van der Waals surface area contributed by atoms with Crippen molar-refractivity contribution in [1.29, 1.82) is 0 Å². The van der Waals surface area contributed by atoms with E-state index in [0.29, 0.717) is 10.8 Å². The number of rotatable bonds is 7. The maximum absolute atomic E-state index is 12.1. The quantitative estimate of drug-likeness (QED) is 0.759. The van der Waals surface area contributed by atoms with Crippen LogP contribution in [0.25, 0.3) is 0 Å². The van der Waals surface area contributed by atoms with Gasteiger partial charge in [-0.05, 0) is 44.3 Å². The first-order valence-corrected chi connectivity index (χ1v) is 8.45. The molecule has 23 heavy (non-hydrogen) atoms. The number of likely N-dealkylation sites (N-methyl/N-ethyl adjacent to an activating group) is 2. The van der Waals surface area contributed by atoms with Gasteiger partial charge < -0.3 is 19.4 Å². The zero-order valence-corrected chi connectivity index (χ0v) is 14.8. The summed E-state index contributed by atoms with van der Waals surface area (Å²) in [7, 11) is 3.99. The summed E-state index contributed by atoms with van der Waals surface area (Å²) in [6.45, 7) is 6.36. The first-order valence-electron chi connectivity index (χ1n) is 8.08. The van der Waals surface area contributed by atoms with E-state index in [2.05, 4.69) is 16.8 Å². The van der Waals surface area contributed by atoms with Crippen molar-refractivity contribution in [3.8, 4) is 5.75 Å². The van der Waals surface area contributed by atoms with Crippen molar-refractivity contribution in [2.45, 2.75) is 6.42 Å². The minimum atomic E-state index is -0.00155. The van der Waals surface area contributed by atoms with E-state index < -0.39 is 0 Å². The van der Waals surface area contributed by atoms with Gasteiger partial charge in [-0.15, -0.1) is 0 Å². The summed E-state index contributed by atoms with van der Waals surface area (Å²) in [6, 6.07) is 7.04. The van der Waals surface area contributed by atoms with E-state index >= 15 is 0 Å². The Balaban J connectivity index is 1.61. The van der Waals surface area contributed by atoms with Gasteiger partial charge in [-0.25, -0.2) is 0 Å². The van der Waals surface area contributed by atoms with Gasteiger partial charge in [-0.2, -0.15) is 0 Å². The zero-order chi connectivity index (χ0) is 16.7. The minimum absolute atomic E-state index is 0.00155. The van der Waals surface area contributed by atoms with Gasteiger partial charge >= 0.3 is 0 Å². The van der Waals surface area contributed by atoms with Crippen molar-refractivity contribution < 1.29 is 9.53 Å². The third-order valence-corrected chi connectivity index (χ3v) is 4.42. The summed E-state index contributed by atoms with van der Waals surface area (Å²) < 4.78 is 5.49. The number of nitrogens with zero attached hydrogens (tertiary/aromatic N) is 3. The summed E-state index contributed by atoms with van der Waals surface area (Å²) >= 11 is 5.82. The number of benzene rings is 1. The van der Waals surface area contributed by atoms with Gasteiger partial charge in [0.15, 0.2) is 6.61 Å². The maximum atomic E-state index is 12.1. The molecule has 0 bridgehead atoms. The molecule has 0 aliphatic carbocycles. The highest BCUT2D eigenvalue weighted by atomic mass is 35.5. The number of halogens is 1. The maximum Gasteiger partial charge on any atom is 0.260 e. The molecule has 1 aromatic rings. The van der Waals surface area contributed by atoms with Crippen LogP contribution >= 0.6 is 11.6 Å². The van der Waals surface area contributed by atoms with E-state index in [9.17, 15) is 4.79 Å². The highest BCUT2D eigenvalue weighted by Gasteiger charge is 2.14. The van der Waals surface area contributed by atoms with Gasteiger partial charge in [-0.3, -0.25) is 4.79 Å². The molecule has 1 heterocycles. The summed E-state index contributed by atoms with van der Waals surface area (Å²) in [6.07, 6.45) is 0.993. The van der Waals surface area contributed by atoms with Crippen molar-refractivity contribution in [3.63, 3.8) is 0 Å². The number of amides is 1. The largest absolute Gasteiger partial charge is 0.484 e. The number of ether oxygens (including phenoxy) is 1. The molecule has 0 spiro atoms. The van der Waals surface area contributed by atoms with Gasteiger partial charge in [0.05, 0.1) is 0 Å². The van der Waals surface area contributed by atoms with Crippen molar-refractivity contribution in [1.82, 2.24) is 14.7 Å². The monoisotopic (exact) mass is 339 g/mol. The van der Waals surface area contributed by atoms with Crippen LogP contribution < -0.4 is 4.74 Å². The zero-order valence-electron chi connectivity index (χ0n) is 14.0. The normalized spacial score (nSPS) is 16.3. The van der Waals surface area contributed by atoms with Gasteiger partial charge in [0.1, 0.15) is 5.75 Å². The standard InChI is InChI=1S/C17H26ClN3O2/c1-19-10-12-21(13-11-19)9-3-8-20(2)17(22)14-23-16-6-4-15(18)5-7-16/h4-7H,3,8-14H2,1-2H3. The van der Waals surface area contributed by atoms with Crippen LogP contribution in [0, 0.1) is 0 Å². The second kappa shape index (κ2) is 9.11. The molecule has 0 radical (unpaired) electrons. The molecule has 5 nitrogen and oxygen atoms in total. The van der Waals surface area contributed by atoms with Crippen LogP contribution in [0.3, 0.4) is 0 Å². The molecular formula is C17H26ClN3O2. The average molecular weight is 340 g/mol. The summed E-state index contributed by atoms with van der Waals surface area (Å²) in [5.41, 5.74) is 0. The Morgan fingerprint density at radius 2 is 1.87 bits per heavy atom. The van der Waals surface area contributed by atoms with Gasteiger partial charge in [0.2, 0.25) is 0 Å². The minimum Gasteiger partial charge on any atom is -0.484 e. The molecule has 0 atom stereocenters. The van der Waals surface area contributed by atoms with E-state index in [0.717, 1.165) is 45.7 Å². The predicted molar refractivity (Wildman–Crippen MR) is 93.1 cm³/mol. The van der Waals surface area contributed by atoms with E-state index in [-0.39, 0.29) is 12.5 Å². The van der Waals surface area contributed by atoms with Crippen LogP contribution in [0.15, 0.2) is 24.3 Å². The fourth-order valence-electron chi connectivity index (χ4n) is 2.51. The van der Waals surface area contributed by atoms with Crippen LogP contribution in [0.2, 0.25) is 5.02 Å². The molecule has 1 aliphatic rings. The fourth-order valence-corrected chi connectivity index (χ4v) is 2.64. The Bertz CT molecular complexity index is 487. The first kappa shape index (κ1) is 18.0. The van der Waals surface area contributed by atoms with Crippen molar-refractivity contribution in [2.75, 3.05) is 60.0 Å². The Morgan fingerprint density at radius 3 is 2.52 bits per heavy atom. The number of hydrogen-bond donors (Lipinski definition) is 0. The summed E-state index contributed by atoms with van der Waals surface area (Å²) in [5, 5.41) is 0.657. The highest BCUT2D eigenvalue weighted by molar-refractivity contribution is 6.30. The van der Waals surface area contributed by atoms with Crippen molar-refractivity contribution >= 4 is 17.5 Å². The van der Waals surface area contributed by atoms with Crippen LogP contribution in [0.4, 0.5) is 0 Å². The van der Waals surface area contributed by atoms with Crippen LogP contribution in [-0.2, 0) is 4.79 Å².